The van der Waals surface area contributed by atoms with Gasteiger partial charge in [0.05, 0.1) is 10.0 Å². The number of nitrogens with one attached hydrogen (secondary N) is 2. The van der Waals surface area contributed by atoms with E-state index < -0.39 is 22.5 Å². The lowest BCUT2D eigenvalue weighted by atomic mass is 10.1. The van der Waals surface area contributed by atoms with Gasteiger partial charge in [0.15, 0.2) is 5.34 Å². The van der Waals surface area contributed by atoms with Crippen LogP contribution >= 0.6 is 46.6 Å². The van der Waals surface area contributed by atoms with E-state index in [1.165, 1.54) is 4.90 Å². The van der Waals surface area contributed by atoms with Crippen LogP contribution in [0, 0.1) is 4.91 Å². The molecule has 2 aromatic carbocycles. The molecule has 0 atom stereocenters. The van der Waals surface area contributed by atoms with Crippen molar-refractivity contribution in [3.63, 3.8) is 0 Å². The van der Waals surface area contributed by atoms with Crippen LogP contribution in [0.15, 0.2) is 62.4 Å². The summed E-state index contributed by atoms with van der Waals surface area (Å²) >= 11 is 18.5. The number of halogens is 5. The third-order valence-electron chi connectivity index (χ3n) is 5.66. The van der Waals surface area contributed by atoms with Crippen molar-refractivity contribution in [2.75, 3.05) is 18.5 Å². The summed E-state index contributed by atoms with van der Waals surface area (Å²) in [7, 11) is 0. The third-order valence-corrected chi connectivity index (χ3v) is 7.90. The number of amides is 1. The van der Waals surface area contributed by atoms with Crippen LogP contribution < -0.4 is 10.9 Å². The standard InChI is InChI=1S/C24H19Cl3F2N4O4S/c25-16-3-1-4-17(26)21(16)38-18-10-19(24(27,28)29)31-22(34)20(18)23(35)33-11-13-5-6-15(9-14(13)12-33)30-7-2-8-37-32-36/h1,3-6,9-10,30H,2,7-8,11-12H2,(H,31,34). The first kappa shape index (κ1) is 28.2. The van der Waals surface area contributed by atoms with Crippen LogP contribution in [-0.2, 0) is 23.3 Å². The second-order valence-corrected chi connectivity index (χ2v) is 10.6. The molecule has 1 amide bonds. The monoisotopic (exact) mass is 602 g/mol. The Kier molecular flexibility index (Phi) is 8.81. The largest absolute Gasteiger partial charge is 0.385 e. The zero-order chi connectivity index (χ0) is 27.4. The SMILES string of the molecule is O=NOCCCNc1ccc2c(c1)CN(C(=O)c1c(Sc3c(Cl)cccc3Cl)cc(C(F)(F)Cl)[nH]c1=O)C2. The molecule has 0 radical (unpaired) electrons. The highest BCUT2D eigenvalue weighted by Crippen LogP contribution is 2.41. The van der Waals surface area contributed by atoms with Crippen LogP contribution in [0.1, 0.15) is 33.6 Å². The summed E-state index contributed by atoms with van der Waals surface area (Å²) in [4.78, 5) is 44.7. The molecule has 8 nitrogen and oxygen atoms in total. The molecule has 0 unspecified atom stereocenters. The number of fused-ring (bicyclic) bond motifs is 1. The minimum Gasteiger partial charge on any atom is -0.385 e. The predicted molar refractivity (Wildman–Crippen MR) is 142 cm³/mol. The zero-order valence-corrected chi connectivity index (χ0v) is 22.5. The molecule has 14 heteroatoms. The highest BCUT2D eigenvalue weighted by Gasteiger charge is 2.34. The summed E-state index contributed by atoms with van der Waals surface area (Å²) in [5.74, 6) is -0.648. The molecule has 4 rings (SSSR count). The molecule has 2 N–H and O–H groups in total. The number of hydrogen-bond acceptors (Lipinski definition) is 7. The van der Waals surface area contributed by atoms with Crippen molar-refractivity contribution < 1.29 is 18.4 Å². The van der Waals surface area contributed by atoms with E-state index >= 15 is 0 Å². The maximum atomic E-state index is 13.9. The Labute approximate surface area is 234 Å². The molecule has 0 saturated heterocycles. The van der Waals surface area contributed by atoms with Crippen LogP contribution in [0.5, 0.6) is 0 Å². The number of H-pyrrole nitrogens is 1. The van der Waals surface area contributed by atoms with Gasteiger partial charge in [-0.25, -0.2) is 0 Å². The Balaban J connectivity index is 1.61. The van der Waals surface area contributed by atoms with Gasteiger partial charge in [-0.15, -0.1) is 4.91 Å². The summed E-state index contributed by atoms with van der Waals surface area (Å²) in [5, 5.41) is 2.11. The molecule has 2 heterocycles. The molecule has 200 valence electrons. The van der Waals surface area contributed by atoms with Crippen molar-refractivity contribution in [2.45, 2.75) is 34.7 Å². The maximum absolute atomic E-state index is 13.9. The van der Waals surface area contributed by atoms with Crippen molar-refractivity contribution in [1.29, 1.82) is 0 Å². The third kappa shape index (κ3) is 6.40. The molecule has 1 aliphatic heterocycles. The second kappa shape index (κ2) is 11.9. The molecule has 0 spiro atoms. The first-order chi connectivity index (χ1) is 18.1. The van der Waals surface area contributed by atoms with E-state index in [0.29, 0.717) is 17.9 Å². The van der Waals surface area contributed by atoms with Crippen molar-refractivity contribution in [1.82, 2.24) is 9.88 Å². The zero-order valence-electron chi connectivity index (χ0n) is 19.4. The first-order valence-corrected chi connectivity index (χ1v) is 13.1. The number of hydrogen-bond donors (Lipinski definition) is 2. The van der Waals surface area contributed by atoms with Gasteiger partial charge in [-0.1, -0.05) is 47.1 Å². The summed E-state index contributed by atoms with van der Waals surface area (Å²) < 4.78 is 27.8. The van der Waals surface area contributed by atoms with E-state index in [-0.39, 0.29) is 40.2 Å². The number of alkyl halides is 3. The average Bonchev–Trinajstić information content (AvgIpc) is 3.29. The van der Waals surface area contributed by atoms with Gasteiger partial charge >= 0.3 is 5.38 Å². The molecule has 0 fully saturated rings. The fourth-order valence-electron chi connectivity index (χ4n) is 3.87. The van der Waals surface area contributed by atoms with E-state index in [1.54, 1.807) is 18.2 Å². The van der Waals surface area contributed by atoms with Crippen molar-refractivity contribution in [3.8, 4) is 0 Å². The summed E-state index contributed by atoms with van der Waals surface area (Å²) in [5.41, 5.74) is 0.336. The van der Waals surface area contributed by atoms with Crippen LogP contribution in [0.25, 0.3) is 0 Å². The number of carbonyl (C=O) groups excluding carboxylic acids is 1. The summed E-state index contributed by atoms with van der Waals surface area (Å²) in [6.07, 6.45) is 0.559. The lowest BCUT2D eigenvalue weighted by molar-refractivity contribution is 0.0740. The normalized spacial score (nSPS) is 12.8. The number of carbonyl (C=O) groups is 1. The Morgan fingerprint density at radius 1 is 1.16 bits per heavy atom. The second-order valence-electron chi connectivity index (χ2n) is 8.23. The van der Waals surface area contributed by atoms with Crippen molar-refractivity contribution in [3.05, 3.63) is 90.2 Å². The highest BCUT2D eigenvalue weighted by molar-refractivity contribution is 7.99. The van der Waals surface area contributed by atoms with Crippen LogP contribution in [-0.4, -0.2) is 28.9 Å². The van der Waals surface area contributed by atoms with Crippen LogP contribution in [0.4, 0.5) is 14.5 Å². The van der Waals surface area contributed by atoms with Gasteiger partial charge in [-0.2, -0.15) is 8.78 Å². The van der Waals surface area contributed by atoms with Gasteiger partial charge in [0, 0.05) is 41.5 Å². The first-order valence-electron chi connectivity index (χ1n) is 11.1. The van der Waals surface area contributed by atoms with Gasteiger partial charge in [0.2, 0.25) is 0 Å². The number of pyridine rings is 1. The molecule has 1 aliphatic rings. The fourth-order valence-corrected chi connectivity index (χ4v) is 5.62. The fraction of sp³-hybridized carbons (Fsp3) is 0.250. The van der Waals surface area contributed by atoms with Gasteiger partial charge in [-0.3, -0.25) is 9.59 Å². The molecule has 38 heavy (non-hydrogen) atoms. The number of anilines is 1. The van der Waals surface area contributed by atoms with Gasteiger partial charge in [0.25, 0.3) is 11.5 Å². The molecule has 1 aromatic heterocycles. The number of aromatic nitrogens is 1. The Hall–Kier alpha value is -2.86. The summed E-state index contributed by atoms with van der Waals surface area (Å²) in [6, 6.07) is 11.2. The number of nitrogens with zero attached hydrogens (tertiary/aromatic N) is 2. The van der Waals surface area contributed by atoms with Crippen LogP contribution in [0.3, 0.4) is 0 Å². The Morgan fingerprint density at radius 2 is 1.87 bits per heavy atom. The Bertz CT molecular complexity index is 1410. The maximum Gasteiger partial charge on any atom is 0.362 e. The van der Waals surface area contributed by atoms with Gasteiger partial charge in [-0.05, 0) is 53.1 Å². The lowest BCUT2D eigenvalue weighted by Gasteiger charge is -2.19. The molecular weight excluding hydrogens is 585 g/mol. The number of rotatable bonds is 10. The average molecular weight is 604 g/mol. The van der Waals surface area contributed by atoms with E-state index in [2.05, 4.69) is 15.5 Å². The smallest absolute Gasteiger partial charge is 0.362 e. The highest BCUT2D eigenvalue weighted by atomic mass is 35.5. The van der Waals surface area contributed by atoms with Crippen molar-refractivity contribution in [2.24, 2.45) is 5.34 Å². The molecule has 0 aliphatic carbocycles. The summed E-state index contributed by atoms with van der Waals surface area (Å²) in [6.45, 7) is 1.14. The predicted octanol–water partition coefficient (Wildman–Crippen LogP) is 6.78. The van der Waals surface area contributed by atoms with E-state index in [4.69, 9.17) is 34.8 Å². The molecule has 0 saturated carbocycles. The van der Waals surface area contributed by atoms with Gasteiger partial charge < -0.3 is 20.0 Å². The van der Waals surface area contributed by atoms with E-state index in [1.807, 2.05) is 23.2 Å². The molecule has 3 aromatic rings. The quantitative estimate of drug-likeness (QED) is 0.115. The molecule has 0 bridgehead atoms. The van der Waals surface area contributed by atoms with Crippen LogP contribution in [0.2, 0.25) is 10.0 Å². The van der Waals surface area contributed by atoms with E-state index in [0.717, 1.165) is 34.6 Å². The minimum absolute atomic E-state index is 0.0607. The number of benzene rings is 2. The van der Waals surface area contributed by atoms with Crippen molar-refractivity contribution >= 4 is 58.2 Å². The lowest BCUT2D eigenvalue weighted by Crippen LogP contribution is -2.32. The minimum atomic E-state index is -3.87. The van der Waals surface area contributed by atoms with Gasteiger partial charge in [0.1, 0.15) is 17.9 Å². The van der Waals surface area contributed by atoms with E-state index in [9.17, 15) is 23.3 Å². The molecular formula is C24H19Cl3F2N4O4S. The topological polar surface area (TPSA) is 104 Å². The number of aromatic amines is 1. The Morgan fingerprint density at radius 3 is 2.55 bits per heavy atom.